The van der Waals surface area contributed by atoms with Crippen molar-refractivity contribution in [1.29, 1.82) is 0 Å². The molecule has 2 fully saturated rings. The highest BCUT2D eigenvalue weighted by atomic mass is 33.1. The van der Waals surface area contributed by atoms with E-state index in [1.54, 1.807) is 12.1 Å². The quantitative estimate of drug-likeness (QED) is 0.0689. The minimum Gasteiger partial charge on any atom is -0.508 e. The zero-order chi connectivity index (χ0) is 42.1. The summed E-state index contributed by atoms with van der Waals surface area (Å²) >= 11 is 0. The van der Waals surface area contributed by atoms with Crippen LogP contribution in [-0.2, 0) is 5.60 Å². The summed E-state index contributed by atoms with van der Waals surface area (Å²) in [6.07, 6.45) is 7.84. The molecule has 3 aromatic carbocycles. The summed E-state index contributed by atoms with van der Waals surface area (Å²) in [5.74, 6) is 0.1000. The molecule has 0 radical (unpaired) electrons. The summed E-state index contributed by atoms with van der Waals surface area (Å²) in [6.45, 7) is 4.15. The number of benzene rings is 3. The molecule has 324 valence electrons. The summed E-state index contributed by atoms with van der Waals surface area (Å²) in [6, 6.07) is 8.87. The van der Waals surface area contributed by atoms with Crippen LogP contribution in [0.15, 0.2) is 42.0 Å². The van der Waals surface area contributed by atoms with E-state index in [-0.39, 0.29) is 77.8 Å². The van der Waals surface area contributed by atoms with Gasteiger partial charge >= 0.3 is 0 Å². The zero-order valence-corrected chi connectivity index (χ0v) is 36.2. The van der Waals surface area contributed by atoms with Gasteiger partial charge in [-0.25, -0.2) is 0 Å². The highest BCUT2D eigenvalue weighted by molar-refractivity contribution is 8.77. The van der Waals surface area contributed by atoms with Gasteiger partial charge in [0.25, 0.3) is 0 Å². The molecule has 11 nitrogen and oxygen atoms in total. The number of methoxy groups -OCH3 is 1. The number of hydrogen-bond acceptors (Lipinski definition) is 13. The largest absolute Gasteiger partial charge is 0.508 e. The second-order valence-corrected chi connectivity index (χ2v) is 21.1. The lowest BCUT2D eigenvalue weighted by Gasteiger charge is -2.59. The van der Waals surface area contributed by atoms with E-state index in [0.717, 1.165) is 66.3 Å². The molecule has 1 saturated carbocycles. The molecule has 2 heterocycles. The topological polar surface area (TPSA) is 179 Å². The normalized spacial score (nSPS) is 31.0. The molecule has 13 heteroatoms. The second-order valence-electron chi connectivity index (χ2n) is 18.2. The van der Waals surface area contributed by atoms with Crippen LogP contribution in [0.2, 0.25) is 0 Å². The maximum Gasteiger partial charge on any atom is 0.207 e. The van der Waals surface area contributed by atoms with Crippen molar-refractivity contribution in [2.24, 2.45) is 17.8 Å². The van der Waals surface area contributed by atoms with Crippen molar-refractivity contribution in [1.82, 2.24) is 0 Å². The summed E-state index contributed by atoms with van der Waals surface area (Å²) in [4.78, 5) is 0. The highest BCUT2D eigenvalue weighted by Crippen LogP contribution is 2.71. The van der Waals surface area contributed by atoms with Crippen LogP contribution in [0.1, 0.15) is 112 Å². The van der Waals surface area contributed by atoms with E-state index in [2.05, 4.69) is 19.9 Å². The Hall–Kier alpha value is -3.46. The number of aromatic hydroxyl groups is 3. The minimum absolute atomic E-state index is 0.000824. The predicted octanol–water partition coefficient (Wildman–Crippen LogP) is 8.00. The van der Waals surface area contributed by atoms with Crippen LogP contribution in [0, 0.1) is 17.8 Å². The Morgan fingerprint density at radius 2 is 1.72 bits per heavy atom. The summed E-state index contributed by atoms with van der Waals surface area (Å²) < 4.78 is 24.9. The fourth-order valence-electron chi connectivity index (χ4n) is 11.7. The molecule has 0 unspecified atom stereocenters. The lowest BCUT2D eigenvalue weighted by Crippen LogP contribution is -2.61. The second kappa shape index (κ2) is 16.3. The van der Waals surface area contributed by atoms with Crippen LogP contribution in [0.3, 0.4) is 0 Å². The molecule has 9 rings (SSSR count). The third kappa shape index (κ3) is 6.72. The molecular weight excluding hydrogens is 805 g/mol. The summed E-state index contributed by atoms with van der Waals surface area (Å²) in [7, 11) is 5.08. The monoisotopic (exact) mass is 862 g/mol. The lowest BCUT2D eigenvalue weighted by molar-refractivity contribution is -0.124. The first-order valence-corrected chi connectivity index (χ1v) is 23.8. The first-order valence-electron chi connectivity index (χ1n) is 21.6. The zero-order valence-electron chi connectivity index (χ0n) is 34.6. The van der Waals surface area contributed by atoms with Gasteiger partial charge in [0.1, 0.15) is 30.0 Å². The average molecular weight is 863 g/mol. The van der Waals surface area contributed by atoms with Crippen molar-refractivity contribution in [3.8, 4) is 51.4 Å². The number of fused-ring (bicyclic) bond motifs is 10. The number of ether oxygens (including phenoxy) is 4. The number of rotatable bonds is 12. The number of phenols is 3. The maximum atomic E-state index is 13.5. The van der Waals surface area contributed by atoms with E-state index in [9.17, 15) is 35.7 Å². The Kier molecular flexibility index (Phi) is 11.4. The Morgan fingerprint density at radius 3 is 2.47 bits per heavy atom. The van der Waals surface area contributed by atoms with Crippen molar-refractivity contribution in [2.75, 3.05) is 40.1 Å². The third-order valence-electron chi connectivity index (χ3n) is 14.5. The molecule has 60 heavy (non-hydrogen) atoms. The van der Waals surface area contributed by atoms with Gasteiger partial charge in [-0.3, -0.25) is 0 Å². The SMILES string of the molecule is COc1c(O)c(OCCC(C)C)cc([C@@]23CC[C@]45CC[C@@H](C[C@@H]6c7cc(O)ccc7-c7c(OCCO)cc(c(c7[C@H]6CO)[C@H]4[C@H]2O)O3)[C@@H]2CC(CCO)=C[C@H](C2)SS5)c1O. The van der Waals surface area contributed by atoms with E-state index in [1.807, 2.05) is 39.8 Å². The van der Waals surface area contributed by atoms with E-state index < -0.39 is 28.3 Å². The van der Waals surface area contributed by atoms with Gasteiger partial charge in [0.05, 0.1) is 26.9 Å². The van der Waals surface area contributed by atoms with Gasteiger partial charge in [0.2, 0.25) is 11.5 Å². The van der Waals surface area contributed by atoms with Crippen LogP contribution in [0.25, 0.3) is 11.1 Å². The van der Waals surface area contributed by atoms with Crippen molar-refractivity contribution in [2.45, 2.75) is 111 Å². The molecule has 0 amide bonds. The molecule has 9 atom stereocenters. The first-order chi connectivity index (χ1) is 29.0. The van der Waals surface area contributed by atoms with Gasteiger partial charge in [-0.15, -0.1) is 0 Å². The third-order valence-corrected chi connectivity index (χ3v) is 18.2. The smallest absolute Gasteiger partial charge is 0.207 e. The van der Waals surface area contributed by atoms with Gasteiger partial charge in [-0.1, -0.05) is 53.2 Å². The van der Waals surface area contributed by atoms with Gasteiger partial charge in [-0.05, 0) is 116 Å². The molecule has 0 aromatic heterocycles. The molecule has 3 aromatic rings. The predicted molar refractivity (Wildman–Crippen MR) is 232 cm³/mol. The lowest BCUT2D eigenvalue weighted by atomic mass is 9.56. The van der Waals surface area contributed by atoms with Gasteiger partial charge in [0.15, 0.2) is 17.1 Å². The Labute approximate surface area is 359 Å². The van der Waals surface area contributed by atoms with Crippen LogP contribution in [0.5, 0.6) is 40.2 Å². The Balaban J connectivity index is 1.32. The van der Waals surface area contributed by atoms with Crippen LogP contribution in [-0.4, -0.2) is 92.0 Å². The minimum atomic E-state index is -1.52. The molecule has 4 aliphatic carbocycles. The fourth-order valence-corrected chi connectivity index (χ4v) is 15.5. The van der Waals surface area contributed by atoms with Crippen LogP contribution >= 0.6 is 21.6 Å². The molecule has 6 aliphatic rings. The number of aliphatic hydroxyl groups is 4. The number of hydrogen-bond donors (Lipinski definition) is 7. The molecule has 2 aliphatic heterocycles. The molecular formula is C47H58O11S2. The average Bonchev–Trinajstić information content (AvgIpc) is 3.27. The Morgan fingerprint density at radius 1 is 0.900 bits per heavy atom. The van der Waals surface area contributed by atoms with E-state index >= 15 is 0 Å². The fraction of sp³-hybridized carbons (Fsp3) is 0.574. The van der Waals surface area contributed by atoms with Crippen molar-refractivity contribution in [3.05, 3.63) is 64.2 Å². The van der Waals surface area contributed by atoms with Crippen molar-refractivity contribution in [3.63, 3.8) is 0 Å². The molecule has 7 N–H and O–H groups in total. The van der Waals surface area contributed by atoms with Gasteiger partial charge in [-0.2, -0.15) is 0 Å². The number of aliphatic hydroxyl groups excluding tert-OH is 4. The molecule has 1 spiro atoms. The van der Waals surface area contributed by atoms with Crippen molar-refractivity contribution >= 4 is 21.6 Å². The standard InChI is InChI=1S/C47H58O11S2/c1-24(2)8-14-56-37-21-34(42(52)44(55-3)43(37)53)47-11-10-46-9-6-26(27-16-25(7-12-48)17-29(18-27)59-60-46)19-31-32-20-28(51)4-5-30(32)38-35(57-15-13-49)22-36(58-47)40(41(46)45(47)54)39(38)33(31)23-50/h4-5,17,20-22,24,26-27,29,31,33,41,45,48-54H,6-16,18-19,23H2,1-3H3/t26-,27+,29+,31+,33-,41-,45+,46+,47-/m0/s1. The Bertz CT molecular complexity index is 2160. The van der Waals surface area contributed by atoms with Crippen LogP contribution in [0.4, 0.5) is 0 Å². The van der Waals surface area contributed by atoms with Gasteiger partial charge in [0, 0.05) is 51.2 Å². The van der Waals surface area contributed by atoms with Crippen LogP contribution < -0.4 is 18.9 Å². The van der Waals surface area contributed by atoms with Gasteiger partial charge < -0.3 is 54.7 Å². The molecule has 1 saturated heterocycles. The van der Waals surface area contributed by atoms with E-state index in [4.69, 9.17) is 18.9 Å². The first kappa shape index (κ1) is 41.9. The summed E-state index contributed by atoms with van der Waals surface area (Å²) in [5, 5.41) is 79.9. The van der Waals surface area contributed by atoms with E-state index in [0.29, 0.717) is 49.2 Å². The van der Waals surface area contributed by atoms with Crippen molar-refractivity contribution < 1.29 is 54.7 Å². The highest BCUT2D eigenvalue weighted by Gasteiger charge is 2.65. The number of phenolic OH excluding ortho intramolecular Hbond substituents is 3. The van der Waals surface area contributed by atoms with E-state index in [1.165, 1.54) is 12.7 Å². The summed E-state index contributed by atoms with van der Waals surface area (Å²) in [5.41, 5.74) is 4.26. The maximum absolute atomic E-state index is 13.5. The molecule has 8 bridgehead atoms.